The molecule has 1 heteroatoms. The number of aryl methyl sites for hydroxylation is 2. The SMILES string of the molecule is C=CCCC(C)c1cc(C)c(Nc2ccccc2)c(C)c1. The molecular weight excluding hydrogens is 254 g/mol. The lowest BCUT2D eigenvalue weighted by Crippen LogP contribution is -2.00. The van der Waals surface area contributed by atoms with Crippen molar-refractivity contribution in [2.45, 2.75) is 39.5 Å². The van der Waals surface area contributed by atoms with Crippen LogP contribution in [-0.4, -0.2) is 0 Å². The van der Waals surface area contributed by atoms with Crippen molar-refractivity contribution in [3.63, 3.8) is 0 Å². The predicted octanol–water partition coefficient (Wildman–Crippen LogP) is 6.12. The molecule has 0 fully saturated rings. The Hall–Kier alpha value is -2.02. The second-order valence-corrected chi connectivity index (χ2v) is 5.79. The van der Waals surface area contributed by atoms with E-state index in [1.54, 1.807) is 0 Å². The van der Waals surface area contributed by atoms with Gasteiger partial charge in [0.25, 0.3) is 0 Å². The molecule has 0 heterocycles. The fraction of sp³-hybridized carbons (Fsp3) is 0.300. The molecule has 0 amide bonds. The summed E-state index contributed by atoms with van der Waals surface area (Å²) in [5.41, 5.74) is 6.39. The summed E-state index contributed by atoms with van der Waals surface area (Å²) in [6, 6.07) is 15.0. The average Bonchev–Trinajstić information content (AvgIpc) is 2.49. The van der Waals surface area contributed by atoms with Crippen molar-refractivity contribution in [3.05, 3.63) is 71.8 Å². The van der Waals surface area contributed by atoms with Crippen molar-refractivity contribution < 1.29 is 0 Å². The topological polar surface area (TPSA) is 12.0 Å². The number of hydrogen-bond acceptors (Lipinski definition) is 1. The quantitative estimate of drug-likeness (QED) is 0.628. The predicted molar refractivity (Wildman–Crippen MR) is 93.5 cm³/mol. The number of hydrogen-bond donors (Lipinski definition) is 1. The van der Waals surface area contributed by atoms with Crippen LogP contribution in [0.4, 0.5) is 11.4 Å². The van der Waals surface area contributed by atoms with Crippen molar-refractivity contribution in [2.24, 2.45) is 0 Å². The van der Waals surface area contributed by atoms with Gasteiger partial charge in [-0.2, -0.15) is 0 Å². The van der Waals surface area contributed by atoms with E-state index in [1.165, 1.54) is 22.4 Å². The second kappa shape index (κ2) is 7.12. The van der Waals surface area contributed by atoms with E-state index in [4.69, 9.17) is 0 Å². The number of anilines is 2. The molecule has 2 rings (SSSR count). The summed E-state index contributed by atoms with van der Waals surface area (Å²) in [5, 5.41) is 3.53. The molecule has 1 nitrogen and oxygen atoms in total. The Bertz CT molecular complexity index is 575. The summed E-state index contributed by atoms with van der Waals surface area (Å²) in [4.78, 5) is 0. The van der Waals surface area contributed by atoms with Gasteiger partial charge in [0.2, 0.25) is 0 Å². The van der Waals surface area contributed by atoms with Crippen LogP contribution in [0.1, 0.15) is 42.4 Å². The highest BCUT2D eigenvalue weighted by Crippen LogP contribution is 2.30. The second-order valence-electron chi connectivity index (χ2n) is 5.79. The van der Waals surface area contributed by atoms with Gasteiger partial charge in [0.05, 0.1) is 0 Å². The Labute approximate surface area is 128 Å². The standard InChI is InChI=1S/C20H25N/c1-5-6-10-15(2)18-13-16(3)20(17(4)14-18)21-19-11-8-7-9-12-19/h5,7-9,11-15,21H,1,6,10H2,2-4H3. The van der Waals surface area contributed by atoms with E-state index in [9.17, 15) is 0 Å². The first-order valence-corrected chi connectivity index (χ1v) is 7.66. The molecule has 2 aromatic rings. The first-order chi connectivity index (χ1) is 10.1. The van der Waals surface area contributed by atoms with Gasteiger partial charge < -0.3 is 5.32 Å². The van der Waals surface area contributed by atoms with Crippen molar-refractivity contribution in [1.29, 1.82) is 0 Å². The van der Waals surface area contributed by atoms with Crippen LogP contribution in [0.2, 0.25) is 0 Å². The maximum Gasteiger partial charge on any atom is 0.0443 e. The molecule has 0 saturated heterocycles. The van der Waals surface area contributed by atoms with E-state index in [2.05, 4.69) is 69.1 Å². The van der Waals surface area contributed by atoms with Crippen LogP contribution < -0.4 is 5.32 Å². The number of nitrogens with one attached hydrogen (secondary N) is 1. The molecule has 110 valence electrons. The number of rotatable bonds is 6. The van der Waals surface area contributed by atoms with Gasteiger partial charge in [-0.15, -0.1) is 6.58 Å². The first kappa shape index (κ1) is 15.4. The van der Waals surface area contributed by atoms with Gasteiger partial charge in [0, 0.05) is 11.4 Å². The molecule has 0 bridgehead atoms. The average molecular weight is 279 g/mol. The van der Waals surface area contributed by atoms with Crippen molar-refractivity contribution >= 4 is 11.4 Å². The van der Waals surface area contributed by atoms with Gasteiger partial charge in [0.1, 0.15) is 0 Å². The van der Waals surface area contributed by atoms with Crippen molar-refractivity contribution in [1.82, 2.24) is 0 Å². The molecule has 0 spiro atoms. The van der Waals surface area contributed by atoms with Gasteiger partial charge in [0.15, 0.2) is 0 Å². The third-order valence-electron chi connectivity index (χ3n) is 3.97. The Kier molecular flexibility index (Phi) is 5.21. The van der Waals surface area contributed by atoms with Gasteiger partial charge >= 0.3 is 0 Å². The van der Waals surface area contributed by atoms with E-state index in [-0.39, 0.29) is 0 Å². The van der Waals surface area contributed by atoms with Gasteiger partial charge in [-0.1, -0.05) is 43.3 Å². The maximum absolute atomic E-state index is 3.81. The zero-order valence-corrected chi connectivity index (χ0v) is 13.3. The van der Waals surface area contributed by atoms with E-state index in [1.807, 2.05) is 12.1 Å². The van der Waals surface area contributed by atoms with E-state index in [0.29, 0.717) is 5.92 Å². The lowest BCUT2D eigenvalue weighted by molar-refractivity contribution is 0.690. The number of para-hydroxylation sites is 1. The smallest absolute Gasteiger partial charge is 0.0443 e. The summed E-state index contributed by atoms with van der Waals surface area (Å²) in [6.07, 6.45) is 4.23. The van der Waals surface area contributed by atoms with Crippen LogP contribution in [0.25, 0.3) is 0 Å². The molecule has 0 aliphatic heterocycles. The molecule has 21 heavy (non-hydrogen) atoms. The molecule has 0 radical (unpaired) electrons. The lowest BCUT2D eigenvalue weighted by atomic mass is 9.92. The Morgan fingerprint density at radius 1 is 1.10 bits per heavy atom. The van der Waals surface area contributed by atoms with Crippen molar-refractivity contribution in [2.75, 3.05) is 5.32 Å². The summed E-state index contributed by atoms with van der Waals surface area (Å²) in [7, 11) is 0. The van der Waals surface area contributed by atoms with Crippen LogP contribution in [-0.2, 0) is 0 Å². The van der Waals surface area contributed by atoms with Gasteiger partial charge in [-0.25, -0.2) is 0 Å². The summed E-state index contributed by atoms with van der Waals surface area (Å²) in [5.74, 6) is 0.575. The molecule has 0 saturated carbocycles. The largest absolute Gasteiger partial charge is 0.355 e. The molecule has 0 aliphatic rings. The summed E-state index contributed by atoms with van der Waals surface area (Å²) < 4.78 is 0. The number of benzene rings is 2. The highest BCUT2D eigenvalue weighted by atomic mass is 14.9. The molecule has 0 aliphatic carbocycles. The molecule has 1 N–H and O–H groups in total. The summed E-state index contributed by atoms with van der Waals surface area (Å²) in [6.45, 7) is 10.5. The third kappa shape index (κ3) is 3.98. The van der Waals surface area contributed by atoms with Crippen LogP contribution in [0, 0.1) is 13.8 Å². The Balaban J connectivity index is 2.23. The normalized spacial score (nSPS) is 12.0. The fourth-order valence-corrected chi connectivity index (χ4v) is 2.68. The van der Waals surface area contributed by atoms with Crippen LogP contribution in [0.3, 0.4) is 0 Å². The maximum atomic E-state index is 3.81. The highest BCUT2D eigenvalue weighted by Gasteiger charge is 2.10. The molecule has 1 atom stereocenters. The zero-order valence-electron chi connectivity index (χ0n) is 13.3. The molecule has 2 aromatic carbocycles. The van der Waals surface area contributed by atoms with Crippen molar-refractivity contribution in [3.8, 4) is 0 Å². The van der Waals surface area contributed by atoms with Crippen LogP contribution >= 0.6 is 0 Å². The van der Waals surface area contributed by atoms with E-state index >= 15 is 0 Å². The number of allylic oxidation sites excluding steroid dienone is 1. The fourth-order valence-electron chi connectivity index (χ4n) is 2.68. The minimum Gasteiger partial charge on any atom is -0.355 e. The minimum atomic E-state index is 0.575. The first-order valence-electron chi connectivity index (χ1n) is 7.66. The Morgan fingerprint density at radius 2 is 1.71 bits per heavy atom. The van der Waals surface area contributed by atoms with Crippen LogP contribution in [0.15, 0.2) is 55.1 Å². The minimum absolute atomic E-state index is 0.575. The Morgan fingerprint density at radius 3 is 2.29 bits per heavy atom. The molecule has 0 aromatic heterocycles. The highest BCUT2D eigenvalue weighted by molar-refractivity contribution is 5.67. The molecular formula is C20H25N. The van der Waals surface area contributed by atoms with Gasteiger partial charge in [-0.05, 0) is 61.4 Å². The lowest BCUT2D eigenvalue weighted by Gasteiger charge is -2.18. The van der Waals surface area contributed by atoms with Crippen LogP contribution in [0.5, 0.6) is 0 Å². The zero-order chi connectivity index (χ0) is 15.2. The van der Waals surface area contributed by atoms with E-state index < -0.39 is 0 Å². The monoisotopic (exact) mass is 279 g/mol. The van der Waals surface area contributed by atoms with Gasteiger partial charge in [-0.3, -0.25) is 0 Å². The van der Waals surface area contributed by atoms with E-state index in [0.717, 1.165) is 18.5 Å². The summed E-state index contributed by atoms with van der Waals surface area (Å²) >= 11 is 0. The third-order valence-corrected chi connectivity index (χ3v) is 3.97. The molecule has 1 unspecified atom stereocenters.